The SMILES string of the molecule is CCOC(=O)COCC1CCN(C(=O)c2sc(N=C(N)N)nc2C)CC1. The van der Waals surface area contributed by atoms with Gasteiger partial charge in [0.25, 0.3) is 5.91 Å². The van der Waals surface area contributed by atoms with Crippen LogP contribution in [0.25, 0.3) is 0 Å². The summed E-state index contributed by atoms with van der Waals surface area (Å²) in [4.78, 5) is 34.4. The van der Waals surface area contributed by atoms with Gasteiger partial charge in [-0.15, -0.1) is 0 Å². The molecule has 9 nitrogen and oxygen atoms in total. The predicted molar refractivity (Wildman–Crippen MR) is 98.4 cm³/mol. The lowest BCUT2D eigenvalue weighted by Crippen LogP contribution is -2.39. The molecule has 1 saturated heterocycles. The molecule has 4 N–H and O–H groups in total. The number of hydrogen-bond donors (Lipinski definition) is 2. The Balaban J connectivity index is 1.82. The number of likely N-dealkylation sites (tertiary alicyclic amines) is 1. The molecule has 0 spiro atoms. The van der Waals surface area contributed by atoms with Crippen LogP contribution in [0.5, 0.6) is 0 Å². The van der Waals surface area contributed by atoms with Crippen molar-refractivity contribution < 1.29 is 19.1 Å². The molecule has 1 aromatic heterocycles. The molecule has 1 aromatic rings. The van der Waals surface area contributed by atoms with Gasteiger partial charge in [-0.2, -0.15) is 4.99 Å². The summed E-state index contributed by atoms with van der Waals surface area (Å²) < 4.78 is 10.2. The van der Waals surface area contributed by atoms with Crippen LogP contribution in [0.2, 0.25) is 0 Å². The summed E-state index contributed by atoms with van der Waals surface area (Å²) in [7, 11) is 0. The van der Waals surface area contributed by atoms with Crippen LogP contribution in [0.15, 0.2) is 4.99 Å². The first-order valence-electron chi connectivity index (χ1n) is 8.50. The predicted octanol–water partition coefficient (Wildman–Crippen LogP) is 0.788. The molecule has 1 fully saturated rings. The number of aromatic nitrogens is 1. The zero-order valence-electron chi connectivity index (χ0n) is 15.1. The minimum Gasteiger partial charge on any atom is -0.464 e. The summed E-state index contributed by atoms with van der Waals surface area (Å²) >= 11 is 1.19. The van der Waals surface area contributed by atoms with Crippen LogP contribution in [-0.2, 0) is 14.3 Å². The highest BCUT2D eigenvalue weighted by atomic mass is 32.1. The molecule has 0 atom stereocenters. The number of nitrogens with zero attached hydrogens (tertiary/aromatic N) is 3. The molecule has 2 heterocycles. The molecule has 2 rings (SSSR count). The largest absolute Gasteiger partial charge is 0.464 e. The number of piperidine rings is 1. The number of ether oxygens (including phenoxy) is 2. The standard InChI is InChI=1S/C16H25N5O4S/c1-3-25-12(22)9-24-8-11-4-6-21(7-5-11)14(23)13-10(2)19-16(26-13)20-15(17)18/h11H,3-9H2,1-2H3,(H4,17,18,19,20). The Labute approximate surface area is 156 Å². The van der Waals surface area contributed by atoms with Gasteiger partial charge in [-0.1, -0.05) is 11.3 Å². The fourth-order valence-corrected chi connectivity index (χ4v) is 3.62. The third kappa shape index (κ3) is 5.67. The Morgan fingerprint density at radius 2 is 2.04 bits per heavy atom. The third-order valence-corrected chi connectivity index (χ3v) is 5.02. The fraction of sp³-hybridized carbons (Fsp3) is 0.625. The number of nitrogens with two attached hydrogens (primary N) is 2. The summed E-state index contributed by atoms with van der Waals surface area (Å²) in [6, 6.07) is 0. The normalized spacial score (nSPS) is 14.9. The lowest BCUT2D eigenvalue weighted by molar-refractivity contribution is -0.149. The fourth-order valence-electron chi connectivity index (χ4n) is 2.70. The maximum absolute atomic E-state index is 12.7. The van der Waals surface area contributed by atoms with Gasteiger partial charge in [-0.3, -0.25) is 4.79 Å². The Bertz CT molecular complexity index is 664. The zero-order chi connectivity index (χ0) is 19.1. The number of hydrogen-bond acceptors (Lipinski definition) is 7. The van der Waals surface area contributed by atoms with E-state index in [1.165, 1.54) is 11.3 Å². The Hall–Kier alpha value is -2.20. The van der Waals surface area contributed by atoms with Crippen molar-refractivity contribution in [2.45, 2.75) is 26.7 Å². The molecule has 0 saturated carbocycles. The van der Waals surface area contributed by atoms with E-state index < -0.39 is 0 Å². The van der Waals surface area contributed by atoms with Gasteiger partial charge < -0.3 is 25.8 Å². The van der Waals surface area contributed by atoms with Crippen LogP contribution in [0.4, 0.5) is 5.13 Å². The molecule has 1 amide bonds. The van der Waals surface area contributed by atoms with E-state index in [9.17, 15) is 9.59 Å². The maximum atomic E-state index is 12.7. The first kappa shape index (κ1) is 20.1. The molecule has 1 aliphatic heterocycles. The van der Waals surface area contributed by atoms with E-state index in [0.717, 1.165) is 12.8 Å². The average molecular weight is 383 g/mol. The number of guanidine groups is 1. The van der Waals surface area contributed by atoms with Crippen molar-refractivity contribution in [2.24, 2.45) is 22.4 Å². The topological polar surface area (TPSA) is 133 Å². The summed E-state index contributed by atoms with van der Waals surface area (Å²) in [6.07, 6.45) is 1.65. The summed E-state index contributed by atoms with van der Waals surface area (Å²) in [5, 5.41) is 0.383. The van der Waals surface area contributed by atoms with Gasteiger partial charge in [0.1, 0.15) is 11.5 Å². The number of aryl methyl sites for hydroxylation is 1. The quantitative estimate of drug-likeness (QED) is 0.404. The van der Waals surface area contributed by atoms with E-state index >= 15 is 0 Å². The van der Waals surface area contributed by atoms with Gasteiger partial charge in [0.15, 0.2) is 5.96 Å². The average Bonchev–Trinajstić information content (AvgIpc) is 2.94. The molecule has 26 heavy (non-hydrogen) atoms. The van der Waals surface area contributed by atoms with E-state index in [1.54, 1.807) is 13.8 Å². The molecule has 0 aromatic carbocycles. The van der Waals surface area contributed by atoms with E-state index in [4.69, 9.17) is 20.9 Å². The van der Waals surface area contributed by atoms with Gasteiger partial charge in [0, 0.05) is 13.1 Å². The molecule has 10 heteroatoms. The number of thiazole rings is 1. The minimum absolute atomic E-state index is 0.0272. The molecule has 0 radical (unpaired) electrons. The molecule has 0 aliphatic carbocycles. The summed E-state index contributed by atoms with van der Waals surface area (Å²) in [5.41, 5.74) is 11.3. The van der Waals surface area contributed by atoms with Crippen molar-refractivity contribution in [3.05, 3.63) is 10.6 Å². The number of esters is 1. The van der Waals surface area contributed by atoms with Gasteiger partial charge in [0.05, 0.1) is 18.9 Å². The maximum Gasteiger partial charge on any atom is 0.332 e. The molecular weight excluding hydrogens is 358 g/mol. The van der Waals surface area contributed by atoms with Crippen LogP contribution in [0, 0.1) is 12.8 Å². The Kier molecular flexibility index (Phi) is 7.34. The monoisotopic (exact) mass is 383 g/mol. The lowest BCUT2D eigenvalue weighted by atomic mass is 9.97. The van der Waals surface area contributed by atoms with E-state index in [1.807, 2.05) is 4.90 Å². The highest BCUT2D eigenvalue weighted by Crippen LogP contribution is 2.28. The van der Waals surface area contributed by atoms with Crippen LogP contribution >= 0.6 is 11.3 Å². The Morgan fingerprint density at radius 1 is 1.35 bits per heavy atom. The highest BCUT2D eigenvalue weighted by molar-refractivity contribution is 7.17. The second kappa shape index (κ2) is 9.48. The van der Waals surface area contributed by atoms with Gasteiger partial charge >= 0.3 is 5.97 Å². The van der Waals surface area contributed by atoms with Crippen LogP contribution < -0.4 is 11.5 Å². The van der Waals surface area contributed by atoms with E-state index in [0.29, 0.717) is 47.9 Å². The first-order chi connectivity index (χ1) is 12.4. The van der Waals surface area contributed by atoms with E-state index in [2.05, 4.69) is 9.98 Å². The van der Waals surface area contributed by atoms with Gasteiger partial charge in [-0.05, 0) is 32.6 Å². The molecule has 0 unspecified atom stereocenters. The van der Waals surface area contributed by atoms with Crippen molar-refractivity contribution in [3.8, 4) is 0 Å². The molecule has 144 valence electrons. The second-order valence-corrected chi connectivity index (χ2v) is 6.98. The summed E-state index contributed by atoms with van der Waals surface area (Å²) in [6.45, 7) is 5.63. The lowest BCUT2D eigenvalue weighted by Gasteiger charge is -2.31. The third-order valence-electron chi connectivity index (χ3n) is 3.98. The van der Waals surface area contributed by atoms with Crippen molar-refractivity contribution >= 4 is 34.3 Å². The smallest absolute Gasteiger partial charge is 0.332 e. The molecular formula is C16H25N5O4S. The number of amides is 1. The number of rotatable bonds is 7. The van der Waals surface area contributed by atoms with Crippen LogP contribution in [0.1, 0.15) is 35.1 Å². The van der Waals surface area contributed by atoms with Crippen molar-refractivity contribution in [2.75, 3.05) is 32.9 Å². The van der Waals surface area contributed by atoms with Crippen LogP contribution in [0.3, 0.4) is 0 Å². The number of carbonyl (C=O) groups excluding carboxylic acids is 2. The van der Waals surface area contributed by atoms with E-state index in [-0.39, 0.29) is 24.4 Å². The van der Waals surface area contributed by atoms with Gasteiger partial charge in [0.2, 0.25) is 5.13 Å². The van der Waals surface area contributed by atoms with Crippen molar-refractivity contribution in [1.29, 1.82) is 0 Å². The second-order valence-electron chi connectivity index (χ2n) is 6.00. The van der Waals surface area contributed by atoms with Crippen LogP contribution in [-0.4, -0.2) is 60.6 Å². The summed E-state index contributed by atoms with van der Waals surface area (Å²) in [5.74, 6) is -0.157. The van der Waals surface area contributed by atoms with Crippen molar-refractivity contribution in [3.63, 3.8) is 0 Å². The first-order valence-corrected chi connectivity index (χ1v) is 9.32. The molecule has 1 aliphatic rings. The van der Waals surface area contributed by atoms with Gasteiger partial charge in [-0.25, -0.2) is 9.78 Å². The Morgan fingerprint density at radius 3 is 2.65 bits per heavy atom. The highest BCUT2D eigenvalue weighted by Gasteiger charge is 2.26. The molecule has 0 bridgehead atoms. The zero-order valence-corrected chi connectivity index (χ0v) is 15.9. The minimum atomic E-state index is -0.350. The number of aliphatic imine (C=N–C) groups is 1. The number of carbonyl (C=O) groups is 2. The van der Waals surface area contributed by atoms with Crippen molar-refractivity contribution in [1.82, 2.24) is 9.88 Å².